The summed E-state index contributed by atoms with van der Waals surface area (Å²) in [5.74, 6) is -0.646. The molecule has 1 rings (SSSR count). The summed E-state index contributed by atoms with van der Waals surface area (Å²) >= 11 is 4.25. The topological polar surface area (TPSA) is 52.6 Å². The third-order valence-electron chi connectivity index (χ3n) is 2.40. The van der Waals surface area contributed by atoms with E-state index < -0.39 is 0 Å². The maximum atomic E-state index is 11.5. The Morgan fingerprint density at radius 1 is 1.33 bits per heavy atom. The van der Waals surface area contributed by atoms with Crippen LogP contribution in [0.5, 0.6) is 0 Å². The van der Waals surface area contributed by atoms with Crippen molar-refractivity contribution in [2.75, 3.05) is 13.7 Å². The van der Waals surface area contributed by atoms with Crippen LogP contribution in [0.25, 0.3) is 0 Å². The molecular weight excluding hydrogens is 252 g/mol. The number of thiol groups is 1. The maximum absolute atomic E-state index is 11.5. The lowest BCUT2D eigenvalue weighted by atomic mass is 10.1. The molecule has 0 spiro atoms. The molecule has 18 heavy (non-hydrogen) atoms. The van der Waals surface area contributed by atoms with Gasteiger partial charge >= 0.3 is 11.9 Å². The van der Waals surface area contributed by atoms with Crippen molar-refractivity contribution in [3.63, 3.8) is 0 Å². The summed E-state index contributed by atoms with van der Waals surface area (Å²) in [4.78, 5) is 23.1. The molecule has 4 nitrogen and oxygen atoms in total. The van der Waals surface area contributed by atoms with Gasteiger partial charge in [-0.25, -0.2) is 4.79 Å². The van der Waals surface area contributed by atoms with Crippen molar-refractivity contribution < 1.29 is 19.1 Å². The maximum Gasteiger partial charge on any atom is 0.339 e. The van der Waals surface area contributed by atoms with Crippen molar-refractivity contribution in [1.29, 1.82) is 0 Å². The highest BCUT2D eigenvalue weighted by Gasteiger charge is 2.11. The summed E-state index contributed by atoms with van der Waals surface area (Å²) in [6.07, 6.45) is 0.867. The number of hydrogen-bond acceptors (Lipinski definition) is 5. The van der Waals surface area contributed by atoms with E-state index in [2.05, 4.69) is 17.4 Å². The van der Waals surface area contributed by atoms with Crippen molar-refractivity contribution in [3.05, 3.63) is 29.3 Å². The van der Waals surface area contributed by atoms with Gasteiger partial charge in [-0.05, 0) is 31.0 Å². The van der Waals surface area contributed by atoms with E-state index in [9.17, 15) is 9.59 Å². The summed E-state index contributed by atoms with van der Waals surface area (Å²) in [5.41, 5.74) is 1.36. The third kappa shape index (κ3) is 4.07. The molecule has 0 N–H and O–H groups in total. The number of methoxy groups -OCH3 is 1. The van der Waals surface area contributed by atoms with Gasteiger partial charge in [-0.1, -0.05) is 6.07 Å². The predicted octanol–water partition coefficient (Wildman–Crippen LogP) is 2.26. The highest BCUT2D eigenvalue weighted by Crippen LogP contribution is 2.18. The first-order chi connectivity index (χ1) is 8.58. The molecule has 0 aliphatic rings. The van der Waals surface area contributed by atoms with Crippen LogP contribution in [0.4, 0.5) is 0 Å². The predicted molar refractivity (Wildman–Crippen MR) is 70.0 cm³/mol. The fourth-order valence-electron chi connectivity index (χ4n) is 1.46. The smallest absolute Gasteiger partial charge is 0.339 e. The van der Waals surface area contributed by atoms with Gasteiger partial charge in [0.15, 0.2) is 0 Å². The minimum atomic E-state index is -0.387. The fraction of sp³-hybridized carbons (Fsp3) is 0.385. The fourth-order valence-corrected chi connectivity index (χ4v) is 1.79. The zero-order valence-electron chi connectivity index (χ0n) is 10.4. The van der Waals surface area contributed by atoms with Gasteiger partial charge in [-0.3, -0.25) is 4.79 Å². The lowest BCUT2D eigenvalue weighted by Crippen LogP contribution is -2.06. The Morgan fingerprint density at radius 2 is 2.06 bits per heavy atom. The average Bonchev–Trinajstić information content (AvgIpc) is 2.36. The number of carbonyl (C=O) groups excluding carboxylic acids is 2. The van der Waals surface area contributed by atoms with Gasteiger partial charge in [-0.15, -0.1) is 12.6 Å². The standard InChI is InChI=1S/C13H16O4S/c1-3-17-13(15)10-6-4-9(8-11(10)18)5-7-12(14)16-2/h4,6,8,18H,3,5,7H2,1-2H3. The van der Waals surface area contributed by atoms with Crippen LogP contribution in [-0.4, -0.2) is 25.7 Å². The lowest BCUT2D eigenvalue weighted by molar-refractivity contribution is -0.140. The number of esters is 2. The minimum Gasteiger partial charge on any atom is -0.469 e. The summed E-state index contributed by atoms with van der Waals surface area (Å²) < 4.78 is 9.47. The monoisotopic (exact) mass is 268 g/mol. The van der Waals surface area contributed by atoms with Crippen LogP contribution in [0.1, 0.15) is 29.3 Å². The highest BCUT2D eigenvalue weighted by molar-refractivity contribution is 7.80. The first-order valence-electron chi connectivity index (χ1n) is 5.64. The van der Waals surface area contributed by atoms with E-state index in [0.29, 0.717) is 29.9 Å². The highest BCUT2D eigenvalue weighted by atomic mass is 32.1. The molecule has 0 fully saturated rings. The van der Waals surface area contributed by atoms with E-state index >= 15 is 0 Å². The summed E-state index contributed by atoms with van der Waals surface area (Å²) in [6.45, 7) is 2.08. The molecule has 1 aromatic carbocycles. The molecule has 0 aliphatic heterocycles. The molecule has 0 saturated carbocycles. The summed E-state index contributed by atoms with van der Waals surface area (Å²) in [7, 11) is 1.36. The Balaban J connectivity index is 2.73. The Labute approximate surface area is 112 Å². The second kappa shape index (κ2) is 7.06. The first-order valence-corrected chi connectivity index (χ1v) is 6.09. The number of benzene rings is 1. The van der Waals surface area contributed by atoms with Gasteiger partial charge in [-0.2, -0.15) is 0 Å². The van der Waals surface area contributed by atoms with E-state index in [1.165, 1.54) is 7.11 Å². The van der Waals surface area contributed by atoms with E-state index in [1.807, 2.05) is 0 Å². The molecule has 0 heterocycles. The van der Waals surface area contributed by atoms with Crippen molar-refractivity contribution in [2.24, 2.45) is 0 Å². The van der Waals surface area contributed by atoms with Crippen LogP contribution in [-0.2, 0) is 20.7 Å². The van der Waals surface area contributed by atoms with Crippen molar-refractivity contribution in [3.8, 4) is 0 Å². The quantitative estimate of drug-likeness (QED) is 0.657. The molecule has 0 aliphatic carbocycles. The SMILES string of the molecule is CCOC(=O)c1ccc(CCC(=O)OC)cc1S. The van der Waals surface area contributed by atoms with Gasteiger partial charge < -0.3 is 9.47 Å². The van der Waals surface area contributed by atoms with Crippen LogP contribution < -0.4 is 0 Å². The summed E-state index contributed by atoms with van der Waals surface area (Å²) in [5, 5.41) is 0. The van der Waals surface area contributed by atoms with Crippen LogP contribution in [0.2, 0.25) is 0 Å². The van der Waals surface area contributed by atoms with Crippen molar-refractivity contribution in [2.45, 2.75) is 24.7 Å². The van der Waals surface area contributed by atoms with Gasteiger partial charge in [0, 0.05) is 11.3 Å². The van der Waals surface area contributed by atoms with Gasteiger partial charge in [0.1, 0.15) is 0 Å². The average molecular weight is 268 g/mol. The second-order valence-corrected chi connectivity index (χ2v) is 4.13. The van der Waals surface area contributed by atoms with Crippen LogP contribution in [0.15, 0.2) is 23.1 Å². The lowest BCUT2D eigenvalue weighted by Gasteiger charge is -2.07. The van der Waals surface area contributed by atoms with Crippen LogP contribution >= 0.6 is 12.6 Å². The van der Waals surface area contributed by atoms with E-state index in [-0.39, 0.29) is 11.9 Å². The molecule has 5 heteroatoms. The minimum absolute atomic E-state index is 0.259. The molecule has 1 aromatic rings. The number of hydrogen-bond donors (Lipinski definition) is 1. The molecule has 0 aromatic heterocycles. The van der Waals surface area contributed by atoms with Gasteiger partial charge in [0.25, 0.3) is 0 Å². The van der Waals surface area contributed by atoms with Crippen molar-refractivity contribution >= 4 is 24.6 Å². The Kier molecular flexibility index (Phi) is 5.71. The zero-order valence-corrected chi connectivity index (χ0v) is 11.3. The van der Waals surface area contributed by atoms with E-state index in [4.69, 9.17) is 4.74 Å². The molecule has 98 valence electrons. The zero-order chi connectivity index (χ0) is 13.5. The Bertz CT molecular complexity index is 443. The number of carbonyl (C=O) groups is 2. The molecule has 0 bridgehead atoms. The molecule has 0 unspecified atom stereocenters. The second-order valence-electron chi connectivity index (χ2n) is 3.65. The molecule has 0 atom stereocenters. The van der Waals surface area contributed by atoms with Gasteiger partial charge in [0.2, 0.25) is 0 Å². The number of ether oxygens (including phenoxy) is 2. The normalized spacial score (nSPS) is 9.94. The number of rotatable bonds is 5. The molecule has 0 amide bonds. The summed E-state index contributed by atoms with van der Waals surface area (Å²) in [6, 6.07) is 5.21. The van der Waals surface area contributed by atoms with Crippen LogP contribution in [0, 0.1) is 0 Å². The molecular formula is C13H16O4S. The first kappa shape index (κ1) is 14.6. The van der Waals surface area contributed by atoms with Crippen LogP contribution in [0.3, 0.4) is 0 Å². The number of aryl methyl sites for hydroxylation is 1. The largest absolute Gasteiger partial charge is 0.469 e. The van der Waals surface area contributed by atoms with Gasteiger partial charge in [0.05, 0.1) is 19.3 Å². The van der Waals surface area contributed by atoms with E-state index in [1.54, 1.807) is 25.1 Å². The molecule has 0 saturated heterocycles. The molecule has 0 radical (unpaired) electrons. The Morgan fingerprint density at radius 3 is 2.61 bits per heavy atom. The van der Waals surface area contributed by atoms with Crippen molar-refractivity contribution in [1.82, 2.24) is 0 Å². The third-order valence-corrected chi connectivity index (χ3v) is 2.77. The Hall–Kier alpha value is -1.49. The van der Waals surface area contributed by atoms with E-state index in [0.717, 1.165) is 5.56 Å².